The van der Waals surface area contributed by atoms with E-state index >= 15 is 0 Å². The standard InChI is InChI=1S/C26H35N9O7/c1-24(2)6-9-42-18-13(4-3-5-14(18)24)20(38)30-16-11-35-22(28)29-15(10-34-17(37)12-33(7-8-36)23(34)39)19-25(35,26(16,40)41)32-21(27)31-19/h3-5,15-16,19,36,40-41H,6-12H2,1-2H3,(H2,28,29)(H,30,38)(H3,27,31,32)/p+1/t15-,16?,19-,25-/m0/s1. The largest absolute Gasteiger partial charge is 0.492 e. The number of rotatable bonds is 6. The van der Waals surface area contributed by atoms with Crippen LogP contribution in [0.3, 0.4) is 0 Å². The number of nitrogens with zero attached hydrogens (tertiary/aromatic N) is 4. The van der Waals surface area contributed by atoms with Crippen LogP contribution in [-0.4, -0.2) is 129 Å². The summed E-state index contributed by atoms with van der Waals surface area (Å²) in [5, 5.41) is 38.4. The van der Waals surface area contributed by atoms with Crippen molar-refractivity contribution in [2.24, 2.45) is 16.5 Å². The highest BCUT2D eigenvalue weighted by Gasteiger charge is 2.76. The minimum Gasteiger partial charge on any atom is -0.492 e. The van der Waals surface area contributed by atoms with E-state index in [1.54, 1.807) is 12.1 Å². The van der Waals surface area contributed by atoms with Gasteiger partial charge < -0.3 is 36.0 Å². The number of nitrogens with two attached hydrogens (primary N) is 2. The van der Waals surface area contributed by atoms with Gasteiger partial charge in [-0.2, -0.15) is 0 Å². The van der Waals surface area contributed by atoms with Gasteiger partial charge in [-0.15, -0.1) is 0 Å². The molecule has 4 atom stereocenters. The zero-order chi connectivity index (χ0) is 30.2. The lowest BCUT2D eigenvalue weighted by Crippen LogP contribution is -2.90. The quantitative estimate of drug-likeness (QED) is 0.116. The molecule has 2 fully saturated rings. The summed E-state index contributed by atoms with van der Waals surface area (Å²) in [6.07, 6.45) is 0.785. The Morgan fingerprint density at radius 2 is 2.05 bits per heavy atom. The van der Waals surface area contributed by atoms with Gasteiger partial charge in [-0.3, -0.25) is 30.1 Å². The van der Waals surface area contributed by atoms with Gasteiger partial charge in [0.2, 0.25) is 11.7 Å². The van der Waals surface area contributed by atoms with E-state index in [1.807, 2.05) is 6.07 Å². The molecule has 6 rings (SSSR count). The van der Waals surface area contributed by atoms with Crippen LogP contribution < -0.4 is 31.8 Å². The molecular formula is C26H36N9O7+. The molecule has 16 nitrogen and oxygen atoms in total. The number of aliphatic hydroxyl groups excluding tert-OH is 1. The second-order valence-electron chi connectivity index (χ2n) is 11.9. The first-order valence-corrected chi connectivity index (χ1v) is 13.8. The first kappa shape index (κ1) is 28.0. The number of hydrogen-bond acceptors (Lipinski definition) is 12. The van der Waals surface area contributed by atoms with Crippen LogP contribution in [0.4, 0.5) is 4.79 Å². The molecule has 2 saturated heterocycles. The molecule has 5 heterocycles. The zero-order valence-electron chi connectivity index (χ0n) is 23.3. The summed E-state index contributed by atoms with van der Waals surface area (Å²) in [4.78, 5) is 50.1. The second kappa shape index (κ2) is 9.43. The van der Waals surface area contributed by atoms with Gasteiger partial charge in [0.1, 0.15) is 24.4 Å². The minimum absolute atomic E-state index is 0.00639. The average Bonchev–Trinajstić information content (AvgIpc) is 3.49. The molecule has 42 heavy (non-hydrogen) atoms. The summed E-state index contributed by atoms with van der Waals surface area (Å²) in [5.74, 6) is -3.38. The van der Waals surface area contributed by atoms with Crippen molar-refractivity contribution in [3.05, 3.63) is 29.3 Å². The Labute approximate surface area is 241 Å². The van der Waals surface area contributed by atoms with Gasteiger partial charge in [-0.25, -0.2) is 15.1 Å². The number of carbonyl (C=O) groups is 3. The number of urea groups is 1. The SMILES string of the molecule is CC1(C)CCOc2c(C(=O)NC3CN4C(N)=N[C@@H](CN5C(=O)CN(CCO)C5=O)[C@@H]5[NH+]=C(N)N[C@@]54C3(O)O)cccc21. The molecule has 10 N–H and O–H groups in total. The van der Waals surface area contributed by atoms with E-state index in [1.165, 1.54) is 9.80 Å². The number of β-amino-alcohol motifs (C(OH)–C–C–N with tert-alkyl or cyclic N) is 1. The zero-order valence-corrected chi connectivity index (χ0v) is 23.3. The molecule has 1 unspecified atom stereocenters. The molecule has 0 radical (unpaired) electrons. The van der Waals surface area contributed by atoms with E-state index in [2.05, 4.69) is 34.5 Å². The molecule has 1 aromatic rings. The Balaban J connectivity index is 1.29. The summed E-state index contributed by atoms with van der Waals surface area (Å²) < 4.78 is 5.88. The third-order valence-corrected chi connectivity index (χ3v) is 9.02. The maximum Gasteiger partial charge on any atom is 0.343 e. The highest BCUT2D eigenvalue weighted by Crippen LogP contribution is 2.43. The van der Waals surface area contributed by atoms with E-state index in [-0.39, 0.29) is 55.7 Å². The predicted octanol–water partition coefficient (Wildman–Crippen LogP) is -5.14. The number of fused-ring (bicyclic) bond motifs is 1. The Bertz CT molecular complexity index is 1410. The van der Waals surface area contributed by atoms with E-state index in [0.717, 1.165) is 16.9 Å². The second-order valence-corrected chi connectivity index (χ2v) is 11.9. The predicted molar refractivity (Wildman–Crippen MR) is 146 cm³/mol. The number of nitrogens with one attached hydrogen (secondary N) is 3. The van der Waals surface area contributed by atoms with Gasteiger partial charge in [0.15, 0.2) is 12.0 Å². The van der Waals surface area contributed by atoms with Crippen molar-refractivity contribution >= 4 is 29.8 Å². The smallest absolute Gasteiger partial charge is 0.343 e. The number of imide groups is 1. The molecule has 0 saturated carbocycles. The van der Waals surface area contributed by atoms with Crippen molar-refractivity contribution in [1.29, 1.82) is 0 Å². The summed E-state index contributed by atoms with van der Waals surface area (Å²) in [6, 6.07) is 1.49. The van der Waals surface area contributed by atoms with Crippen molar-refractivity contribution < 1.29 is 39.4 Å². The van der Waals surface area contributed by atoms with Crippen molar-refractivity contribution in [2.75, 3.05) is 39.4 Å². The number of benzene rings is 1. The van der Waals surface area contributed by atoms with Crippen LogP contribution in [0.25, 0.3) is 0 Å². The molecule has 226 valence electrons. The van der Waals surface area contributed by atoms with Crippen LogP contribution in [0.15, 0.2) is 23.2 Å². The van der Waals surface area contributed by atoms with Gasteiger partial charge >= 0.3 is 12.0 Å². The highest BCUT2D eigenvalue weighted by molar-refractivity contribution is 6.02. The third-order valence-electron chi connectivity index (χ3n) is 9.02. The number of aliphatic hydroxyl groups is 3. The fourth-order valence-electron chi connectivity index (χ4n) is 6.76. The molecule has 0 bridgehead atoms. The van der Waals surface area contributed by atoms with Crippen molar-refractivity contribution in [3.63, 3.8) is 0 Å². The number of aliphatic imine (C=N–C) groups is 1. The lowest BCUT2D eigenvalue weighted by molar-refractivity contribution is -0.521. The van der Waals surface area contributed by atoms with Crippen molar-refractivity contribution in [3.8, 4) is 5.75 Å². The lowest BCUT2D eigenvalue weighted by Gasteiger charge is -2.46. The Morgan fingerprint density at radius 3 is 2.79 bits per heavy atom. The van der Waals surface area contributed by atoms with Crippen LogP contribution >= 0.6 is 0 Å². The highest BCUT2D eigenvalue weighted by atomic mass is 16.5. The Morgan fingerprint density at radius 1 is 1.29 bits per heavy atom. The molecule has 1 spiro atoms. The summed E-state index contributed by atoms with van der Waals surface area (Å²) in [6.45, 7) is 3.68. The number of ether oxygens (including phenoxy) is 1. The monoisotopic (exact) mass is 586 g/mol. The molecule has 0 aliphatic carbocycles. The normalized spacial score (nSPS) is 30.6. The number of guanidine groups is 2. The fourth-order valence-corrected chi connectivity index (χ4v) is 6.76. The third kappa shape index (κ3) is 3.89. The van der Waals surface area contributed by atoms with Gasteiger partial charge in [0.25, 0.3) is 11.6 Å². The first-order chi connectivity index (χ1) is 19.8. The Kier molecular flexibility index (Phi) is 6.29. The van der Waals surface area contributed by atoms with Gasteiger partial charge in [0, 0.05) is 12.1 Å². The Hall–Kier alpha value is -4.15. The maximum atomic E-state index is 13.6. The van der Waals surface area contributed by atoms with Crippen LogP contribution in [0.1, 0.15) is 36.2 Å². The van der Waals surface area contributed by atoms with E-state index in [9.17, 15) is 29.7 Å². The summed E-state index contributed by atoms with van der Waals surface area (Å²) in [7, 11) is 0. The van der Waals surface area contributed by atoms with Crippen molar-refractivity contribution in [1.82, 2.24) is 25.3 Å². The van der Waals surface area contributed by atoms with Gasteiger partial charge in [0.05, 0.1) is 31.9 Å². The van der Waals surface area contributed by atoms with Crippen LogP contribution in [0.2, 0.25) is 0 Å². The van der Waals surface area contributed by atoms with Crippen LogP contribution in [-0.2, 0) is 10.2 Å². The summed E-state index contributed by atoms with van der Waals surface area (Å²) in [5.41, 5.74) is 11.6. The molecule has 5 aliphatic rings. The number of amides is 4. The van der Waals surface area contributed by atoms with E-state index < -0.39 is 47.4 Å². The van der Waals surface area contributed by atoms with E-state index in [0.29, 0.717) is 12.4 Å². The van der Waals surface area contributed by atoms with Crippen LogP contribution in [0.5, 0.6) is 5.75 Å². The minimum atomic E-state index is -2.67. The number of carbonyl (C=O) groups excluding carboxylic acids is 3. The summed E-state index contributed by atoms with van der Waals surface area (Å²) >= 11 is 0. The molecule has 1 aromatic carbocycles. The molecular weight excluding hydrogens is 550 g/mol. The molecule has 4 amide bonds. The molecule has 5 aliphatic heterocycles. The number of para-hydroxylation sites is 1. The maximum absolute atomic E-state index is 13.6. The molecule has 0 aromatic heterocycles. The lowest BCUT2D eigenvalue weighted by atomic mass is 9.79. The van der Waals surface area contributed by atoms with Gasteiger partial charge in [-0.1, -0.05) is 26.0 Å². The average molecular weight is 587 g/mol. The van der Waals surface area contributed by atoms with Gasteiger partial charge in [-0.05, 0) is 17.9 Å². The molecule has 16 heteroatoms. The first-order valence-electron chi connectivity index (χ1n) is 13.8. The number of hydrogen-bond donors (Lipinski definition) is 8. The topological polar surface area (TPSA) is 233 Å². The van der Waals surface area contributed by atoms with E-state index in [4.69, 9.17) is 16.2 Å². The van der Waals surface area contributed by atoms with Crippen LogP contribution in [0, 0.1) is 0 Å². The van der Waals surface area contributed by atoms with Crippen molar-refractivity contribution in [2.45, 2.75) is 55.3 Å². The fraction of sp³-hybridized carbons (Fsp3) is 0.577.